The number of nitrogens with zero attached hydrogens (tertiary/aromatic N) is 1. The normalized spacial score (nSPS) is 12.2. The largest absolute Gasteiger partial charge is 0.328 e. The van der Waals surface area contributed by atoms with E-state index in [1.165, 1.54) is 12.3 Å². The van der Waals surface area contributed by atoms with Crippen molar-refractivity contribution in [3.8, 4) is 0 Å². The van der Waals surface area contributed by atoms with Crippen molar-refractivity contribution in [3.63, 3.8) is 0 Å². The summed E-state index contributed by atoms with van der Waals surface area (Å²) in [6.45, 7) is 6.21. The number of hydrogen-bond donors (Lipinski definition) is 2. The Morgan fingerprint density at radius 2 is 1.68 bits per heavy atom. The van der Waals surface area contributed by atoms with Gasteiger partial charge in [-0.2, -0.15) is 13.1 Å². The first-order valence-corrected chi connectivity index (χ1v) is 8.55. The lowest BCUT2D eigenvalue weighted by Crippen LogP contribution is -2.47. The second-order valence-electron chi connectivity index (χ2n) is 6.02. The predicted molar refractivity (Wildman–Crippen MR) is 87.7 cm³/mol. The molecule has 0 bridgehead atoms. The van der Waals surface area contributed by atoms with Gasteiger partial charge in [-0.1, -0.05) is 44.5 Å². The van der Waals surface area contributed by atoms with Gasteiger partial charge in [-0.15, -0.1) is 4.68 Å². The average Bonchev–Trinajstić information content (AvgIpc) is 2.41. The van der Waals surface area contributed by atoms with Gasteiger partial charge in [-0.25, -0.2) is 0 Å². The molecule has 0 saturated carbocycles. The highest BCUT2D eigenvalue weighted by Gasteiger charge is 2.23. The van der Waals surface area contributed by atoms with Crippen LogP contribution in [-0.2, 0) is 15.4 Å². The summed E-state index contributed by atoms with van der Waals surface area (Å²) in [5, 5.41) is 0.417. The Morgan fingerprint density at radius 3 is 2.18 bits per heavy atom. The van der Waals surface area contributed by atoms with Crippen LogP contribution >= 0.6 is 11.6 Å². The Hall–Kier alpha value is -1.79. The van der Waals surface area contributed by atoms with Crippen molar-refractivity contribution < 1.29 is 13.1 Å². The molecule has 22 heavy (non-hydrogen) atoms. The SMILES string of the molecule is CC(C)(C)c1ccc(S(=O)(=O)Nc2ccc(Cl)c[n+]2N)cc1. The van der Waals surface area contributed by atoms with Crippen LogP contribution in [0.25, 0.3) is 0 Å². The van der Waals surface area contributed by atoms with E-state index in [9.17, 15) is 8.42 Å². The molecule has 0 aliphatic carbocycles. The molecule has 1 aromatic carbocycles. The molecule has 0 aliphatic rings. The molecule has 1 heterocycles. The lowest BCUT2D eigenvalue weighted by atomic mass is 9.87. The number of pyridine rings is 1. The van der Waals surface area contributed by atoms with E-state index in [0.717, 1.165) is 10.2 Å². The third-order valence-electron chi connectivity index (χ3n) is 3.21. The zero-order valence-corrected chi connectivity index (χ0v) is 14.2. The maximum Gasteiger partial charge on any atom is 0.328 e. The van der Waals surface area contributed by atoms with Crippen LogP contribution in [0.1, 0.15) is 26.3 Å². The molecule has 0 fully saturated rings. The monoisotopic (exact) mass is 340 g/mol. The Balaban J connectivity index is 2.31. The Labute approximate surface area is 135 Å². The van der Waals surface area contributed by atoms with Crippen molar-refractivity contribution in [2.24, 2.45) is 0 Å². The van der Waals surface area contributed by atoms with Gasteiger partial charge in [0.15, 0.2) is 0 Å². The number of benzene rings is 1. The van der Waals surface area contributed by atoms with Crippen LogP contribution in [0.2, 0.25) is 5.02 Å². The zero-order valence-electron chi connectivity index (χ0n) is 12.7. The summed E-state index contributed by atoms with van der Waals surface area (Å²) in [5.74, 6) is 5.92. The molecule has 3 N–H and O–H groups in total. The van der Waals surface area contributed by atoms with Crippen LogP contribution in [0.5, 0.6) is 0 Å². The van der Waals surface area contributed by atoms with Gasteiger partial charge in [-0.3, -0.25) is 5.84 Å². The second kappa shape index (κ2) is 5.78. The van der Waals surface area contributed by atoms with Crippen molar-refractivity contribution >= 4 is 27.4 Å². The molecular formula is C15H19ClN3O2S+. The van der Waals surface area contributed by atoms with E-state index in [2.05, 4.69) is 25.5 Å². The number of nitrogens with two attached hydrogens (primary N) is 1. The highest BCUT2D eigenvalue weighted by Crippen LogP contribution is 2.24. The van der Waals surface area contributed by atoms with Crippen molar-refractivity contribution in [1.82, 2.24) is 0 Å². The molecule has 7 heteroatoms. The van der Waals surface area contributed by atoms with Crippen LogP contribution in [0, 0.1) is 0 Å². The minimum Gasteiger partial charge on any atom is -0.269 e. The zero-order chi connectivity index (χ0) is 16.5. The van der Waals surface area contributed by atoms with Crippen LogP contribution in [-0.4, -0.2) is 8.42 Å². The molecule has 0 aliphatic heterocycles. The Morgan fingerprint density at radius 1 is 1.09 bits per heavy atom. The number of nitrogen functional groups attached to an aromatic ring is 1. The van der Waals surface area contributed by atoms with E-state index in [-0.39, 0.29) is 16.1 Å². The summed E-state index contributed by atoms with van der Waals surface area (Å²) in [6.07, 6.45) is 1.42. The second-order valence-corrected chi connectivity index (χ2v) is 8.14. The van der Waals surface area contributed by atoms with Gasteiger partial charge >= 0.3 is 15.8 Å². The smallest absolute Gasteiger partial charge is 0.269 e. The first kappa shape index (κ1) is 16.6. The fourth-order valence-electron chi connectivity index (χ4n) is 1.91. The van der Waals surface area contributed by atoms with Gasteiger partial charge < -0.3 is 0 Å². The standard InChI is InChI=1S/C15H18ClN3O2S/c1-15(2,3)11-4-7-13(8-5-11)22(20,21)18-14-9-6-12(16)10-19(14)17/h4-10H,17H2,1-3H3/p+1. The third-order valence-corrected chi connectivity index (χ3v) is 4.80. The molecule has 2 rings (SSSR count). The van der Waals surface area contributed by atoms with Crippen molar-refractivity contribution in [2.45, 2.75) is 31.1 Å². The van der Waals surface area contributed by atoms with E-state index >= 15 is 0 Å². The predicted octanol–water partition coefficient (Wildman–Crippen LogP) is 2.44. The molecule has 0 spiro atoms. The topological polar surface area (TPSA) is 76.1 Å². The van der Waals surface area contributed by atoms with Gasteiger partial charge in [0.2, 0.25) is 0 Å². The summed E-state index contributed by atoms with van der Waals surface area (Å²) in [4.78, 5) is 0.176. The average molecular weight is 341 g/mol. The molecule has 0 amide bonds. The molecule has 0 atom stereocenters. The molecule has 0 saturated heterocycles. The first-order valence-electron chi connectivity index (χ1n) is 6.69. The lowest BCUT2D eigenvalue weighted by molar-refractivity contribution is -0.623. The Bertz CT molecular complexity index is 781. The van der Waals surface area contributed by atoms with Gasteiger partial charge in [0.25, 0.3) is 0 Å². The first-order chi connectivity index (χ1) is 10.1. The highest BCUT2D eigenvalue weighted by molar-refractivity contribution is 7.92. The van der Waals surface area contributed by atoms with Crippen molar-refractivity contribution in [1.29, 1.82) is 0 Å². The summed E-state index contributed by atoms with van der Waals surface area (Å²) < 4.78 is 28.3. The maximum absolute atomic E-state index is 12.4. The lowest BCUT2D eigenvalue weighted by Gasteiger charge is -2.18. The van der Waals surface area contributed by atoms with Gasteiger partial charge in [0, 0.05) is 6.07 Å². The summed E-state index contributed by atoms with van der Waals surface area (Å²) in [5.41, 5.74) is 1.03. The van der Waals surface area contributed by atoms with Crippen LogP contribution < -0.4 is 15.2 Å². The van der Waals surface area contributed by atoms with E-state index in [1.807, 2.05) is 12.1 Å². The summed E-state index contributed by atoms with van der Waals surface area (Å²) in [7, 11) is -3.70. The van der Waals surface area contributed by atoms with E-state index < -0.39 is 10.0 Å². The van der Waals surface area contributed by atoms with Crippen LogP contribution in [0.4, 0.5) is 5.82 Å². The van der Waals surface area contributed by atoms with Crippen molar-refractivity contribution in [3.05, 3.63) is 53.2 Å². The van der Waals surface area contributed by atoms with E-state index in [0.29, 0.717) is 5.02 Å². The summed E-state index contributed by atoms with van der Waals surface area (Å²) in [6, 6.07) is 9.86. The molecule has 0 radical (unpaired) electrons. The van der Waals surface area contributed by atoms with Crippen LogP contribution in [0.15, 0.2) is 47.5 Å². The molecule has 5 nitrogen and oxygen atoms in total. The Kier molecular flexibility index (Phi) is 4.35. The van der Waals surface area contributed by atoms with Gasteiger partial charge in [0.05, 0.1) is 5.02 Å². The number of anilines is 1. The molecular weight excluding hydrogens is 322 g/mol. The molecule has 118 valence electrons. The maximum atomic E-state index is 12.4. The summed E-state index contributed by atoms with van der Waals surface area (Å²) >= 11 is 5.79. The van der Waals surface area contributed by atoms with E-state index in [1.54, 1.807) is 18.2 Å². The van der Waals surface area contributed by atoms with Gasteiger partial charge in [-0.05, 0) is 29.2 Å². The number of hydrogen-bond acceptors (Lipinski definition) is 3. The van der Waals surface area contributed by atoms with E-state index in [4.69, 9.17) is 17.4 Å². The molecule has 1 aromatic heterocycles. The van der Waals surface area contributed by atoms with Crippen molar-refractivity contribution in [2.75, 3.05) is 10.6 Å². The fraction of sp³-hybridized carbons (Fsp3) is 0.267. The number of halogens is 1. The number of sulfonamides is 1. The molecule has 0 unspecified atom stereocenters. The molecule has 2 aromatic rings. The minimum atomic E-state index is -3.70. The van der Waals surface area contributed by atoms with Crippen LogP contribution in [0.3, 0.4) is 0 Å². The number of aromatic nitrogens is 1. The highest BCUT2D eigenvalue weighted by atomic mass is 35.5. The quantitative estimate of drug-likeness (QED) is 0.665. The number of rotatable bonds is 3. The minimum absolute atomic E-state index is 0.0355. The number of nitrogens with one attached hydrogen (secondary N) is 1. The van der Waals surface area contributed by atoms with Gasteiger partial charge in [0.1, 0.15) is 11.1 Å². The fourth-order valence-corrected chi connectivity index (χ4v) is 3.14. The third kappa shape index (κ3) is 3.69.